The van der Waals surface area contributed by atoms with E-state index in [1.54, 1.807) is 24.9 Å². The number of nitrogens with zero attached hydrogens (tertiary/aromatic N) is 2. The highest BCUT2D eigenvalue weighted by Gasteiger charge is 2.23. The molecule has 7 heteroatoms. The van der Waals surface area contributed by atoms with Crippen molar-refractivity contribution in [3.63, 3.8) is 0 Å². The van der Waals surface area contributed by atoms with Crippen molar-refractivity contribution in [3.05, 3.63) is 39.9 Å². The fourth-order valence-electron chi connectivity index (χ4n) is 1.57. The average Bonchev–Trinajstić information content (AvgIpc) is 2.47. The molecule has 1 aromatic rings. The Morgan fingerprint density at radius 2 is 2.35 bits per heavy atom. The van der Waals surface area contributed by atoms with Crippen LogP contribution in [0.3, 0.4) is 0 Å². The number of benzene rings is 1. The normalized spacial score (nSPS) is 14.8. The molecule has 0 aliphatic carbocycles. The summed E-state index contributed by atoms with van der Waals surface area (Å²) < 4.78 is 18.4. The number of nitro benzene ring substituents is 1. The summed E-state index contributed by atoms with van der Waals surface area (Å²) in [7, 11) is -1.25. The van der Waals surface area contributed by atoms with Crippen LogP contribution in [0.2, 0.25) is 0 Å². The molecule has 1 rings (SSSR count). The second-order valence-electron chi connectivity index (χ2n) is 3.85. The monoisotopic (exact) mass is 299 g/mol. The maximum atomic E-state index is 11.1. The number of hydrogen-bond donors (Lipinski definition) is 0. The van der Waals surface area contributed by atoms with Crippen LogP contribution in [0.1, 0.15) is 33.3 Å². The molecule has 0 amide bonds. The van der Waals surface area contributed by atoms with E-state index in [1.807, 2.05) is 6.92 Å². The van der Waals surface area contributed by atoms with E-state index in [1.165, 1.54) is 12.5 Å². The van der Waals surface area contributed by atoms with Crippen molar-refractivity contribution in [1.82, 2.24) is 0 Å². The predicted octanol–water partition coefficient (Wildman–Crippen LogP) is 4.07. The van der Waals surface area contributed by atoms with Crippen LogP contribution in [0.5, 0.6) is 0 Å². The van der Waals surface area contributed by atoms with Crippen molar-refractivity contribution in [2.45, 2.75) is 26.3 Å². The van der Waals surface area contributed by atoms with Gasteiger partial charge in [-0.3, -0.25) is 15.1 Å². The van der Waals surface area contributed by atoms with Gasteiger partial charge < -0.3 is 9.05 Å². The zero-order chi connectivity index (χ0) is 15.7. The van der Waals surface area contributed by atoms with Gasteiger partial charge in [0, 0.05) is 20.6 Å². The Hall–Kier alpha value is -1.52. The molecule has 2 atom stereocenters. The highest BCUT2D eigenvalue weighted by molar-refractivity contribution is 7.46. The summed E-state index contributed by atoms with van der Waals surface area (Å²) in [5.41, 5.74) is 0.474. The Morgan fingerprint density at radius 1 is 1.60 bits per heavy atom. The topological polar surface area (TPSA) is 74.0 Å². The first kappa shape index (κ1) is 14.9. The van der Waals surface area contributed by atoms with E-state index < -0.39 is 19.4 Å². The van der Waals surface area contributed by atoms with Crippen LogP contribution in [0.25, 0.3) is 0 Å². The molecule has 0 heterocycles. The quantitative estimate of drug-likeness (QED) is 0.238. The summed E-state index contributed by atoms with van der Waals surface area (Å²) in [5.74, 6) is 0. The fourth-order valence-corrected chi connectivity index (χ4v) is 2.40. The van der Waals surface area contributed by atoms with E-state index in [2.05, 4.69) is 4.99 Å². The van der Waals surface area contributed by atoms with Crippen molar-refractivity contribution in [3.8, 4) is 0 Å². The third kappa shape index (κ3) is 4.87. The largest absolute Gasteiger partial charge is 0.437 e. The van der Waals surface area contributed by atoms with E-state index in [0.717, 1.165) is 0 Å². The standard InChI is InChI=1S/C13H19N2O4P/c1-4-13(19-20(3)18-10-14-5-2)11-8-6-7-9-12(11)15(16)17/h6-10,13H,4-5H2,1-3H3/i1D. The van der Waals surface area contributed by atoms with Crippen molar-refractivity contribution < 1.29 is 15.3 Å². The Kier molecular flexibility index (Phi) is 6.41. The molecule has 0 aliphatic rings. The number of para-hydroxylation sites is 1. The maximum absolute atomic E-state index is 11.1. The molecule has 0 saturated heterocycles. The lowest BCUT2D eigenvalue weighted by Crippen LogP contribution is -2.04. The summed E-state index contributed by atoms with van der Waals surface area (Å²) in [5, 5.41) is 11.1. The minimum Gasteiger partial charge on any atom is -0.437 e. The number of rotatable bonds is 8. The van der Waals surface area contributed by atoms with Gasteiger partial charge in [-0.15, -0.1) is 0 Å². The highest BCUT2D eigenvalue weighted by atomic mass is 31.2. The molecule has 0 aromatic heterocycles. The van der Waals surface area contributed by atoms with Crippen LogP contribution in [0.15, 0.2) is 29.3 Å². The Labute approximate surface area is 121 Å². The lowest BCUT2D eigenvalue weighted by molar-refractivity contribution is -0.386. The molecule has 20 heavy (non-hydrogen) atoms. The molecular weight excluding hydrogens is 279 g/mol. The first-order valence-electron chi connectivity index (χ1n) is 6.89. The molecule has 0 bridgehead atoms. The molecule has 0 saturated carbocycles. The molecule has 0 radical (unpaired) electrons. The van der Waals surface area contributed by atoms with Crippen molar-refractivity contribution in [2.24, 2.45) is 4.99 Å². The van der Waals surface area contributed by atoms with Crippen molar-refractivity contribution in [2.75, 3.05) is 13.2 Å². The van der Waals surface area contributed by atoms with Gasteiger partial charge >= 0.3 is 0 Å². The molecule has 110 valence electrons. The van der Waals surface area contributed by atoms with Crippen LogP contribution in [-0.2, 0) is 9.05 Å². The zero-order valence-corrected chi connectivity index (χ0v) is 12.5. The smallest absolute Gasteiger partial charge is 0.275 e. The summed E-state index contributed by atoms with van der Waals surface area (Å²) >= 11 is 0. The van der Waals surface area contributed by atoms with E-state index in [0.29, 0.717) is 18.5 Å². The molecule has 0 aliphatic heterocycles. The number of aliphatic imine (C=N–C) groups is 1. The maximum Gasteiger partial charge on any atom is 0.275 e. The first-order chi connectivity index (χ1) is 10.1. The predicted molar refractivity (Wildman–Crippen MR) is 80.2 cm³/mol. The van der Waals surface area contributed by atoms with Crippen LogP contribution in [-0.4, -0.2) is 24.5 Å². The van der Waals surface area contributed by atoms with E-state index in [4.69, 9.17) is 10.4 Å². The Balaban J connectivity index is 2.86. The Morgan fingerprint density at radius 3 is 3.00 bits per heavy atom. The first-order valence-corrected chi connectivity index (χ1v) is 7.80. The van der Waals surface area contributed by atoms with E-state index in [9.17, 15) is 10.1 Å². The second-order valence-corrected chi connectivity index (χ2v) is 5.15. The number of hydrogen-bond acceptors (Lipinski definition) is 5. The summed E-state index contributed by atoms with van der Waals surface area (Å²) in [6, 6.07) is 6.42. The van der Waals surface area contributed by atoms with Gasteiger partial charge in [0.25, 0.3) is 5.69 Å². The van der Waals surface area contributed by atoms with Gasteiger partial charge in [-0.25, -0.2) is 0 Å². The summed E-state index contributed by atoms with van der Waals surface area (Å²) in [6.45, 7) is 4.37. The number of nitro groups is 1. The van der Waals surface area contributed by atoms with Gasteiger partial charge in [0.05, 0.1) is 16.6 Å². The van der Waals surface area contributed by atoms with Crippen LogP contribution in [0, 0.1) is 10.1 Å². The Bertz CT molecular complexity index is 487. The third-order valence-electron chi connectivity index (χ3n) is 2.47. The molecule has 0 spiro atoms. The molecule has 1 aromatic carbocycles. The molecule has 6 nitrogen and oxygen atoms in total. The lowest BCUT2D eigenvalue weighted by atomic mass is 10.1. The van der Waals surface area contributed by atoms with E-state index >= 15 is 0 Å². The third-order valence-corrected chi connectivity index (χ3v) is 3.41. The molecule has 0 N–H and O–H groups in total. The summed E-state index contributed by atoms with van der Waals surface area (Å²) in [4.78, 5) is 14.6. The van der Waals surface area contributed by atoms with Gasteiger partial charge in [-0.1, -0.05) is 19.0 Å². The van der Waals surface area contributed by atoms with Gasteiger partial charge in [0.15, 0.2) is 6.40 Å². The SMILES string of the molecule is [2H]CCC(OP(C)OC=NCC)c1ccccc1[N+](=O)[O-]. The minimum atomic E-state index is -1.25. The van der Waals surface area contributed by atoms with Gasteiger partial charge in [-0.05, 0) is 19.4 Å². The average molecular weight is 299 g/mol. The van der Waals surface area contributed by atoms with Gasteiger partial charge in [-0.2, -0.15) is 0 Å². The van der Waals surface area contributed by atoms with Gasteiger partial charge in [0.2, 0.25) is 8.38 Å². The molecular formula is C13H19N2O4P. The van der Waals surface area contributed by atoms with Crippen LogP contribution < -0.4 is 0 Å². The minimum absolute atomic E-state index is 0.00146. The zero-order valence-electron chi connectivity index (χ0n) is 12.6. The van der Waals surface area contributed by atoms with Crippen LogP contribution >= 0.6 is 8.38 Å². The highest BCUT2D eigenvalue weighted by Crippen LogP contribution is 2.42. The summed E-state index contributed by atoms with van der Waals surface area (Å²) in [6.07, 6.45) is 1.17. The molecule has 0 fully saturated rings. The lowest BCUT2D eigenvalue weighted by Gasteiger charge is -2.19. The molecule has 2 unspecified atom stereocenters. The van der Waals surface area contributed by atoms with E-state index in [-0.39, 0.29) is 12.6 Å². The van der Waals surface area contributed by atoms with Crippen molar-refractivity contribution >= 4 is 20.5 Å². The van der Waals surface area contributed by atoms with Crippen molar-refractivity contribution in [1.29, 1.82) is 0 Å². The van der Waals surface area contributed by atoms with Gasteiger partial charge in [0.1, 0.15) is 0 Å². The second kappa shape index (κ2) is 8.61. The van der Waals surface area contributed by atoms with Crippen LogP contribution in [0.4, 0.5) is 5.69 Å². The fraction of sp³-hybridized carbons (Fsp3) is 0.462.